The van der Waals surface area contributed by atoms with Gasteiger partial charge in [-0.05, 0) is 11.5 Å². The number of hydrogen-bond donors (Lipinski definition) is 2. The maximum absolute atomic E-state index is 11.9. The SMILES string of the molecule is CC(C)Cc1nnc(NC(=O)CCNC(=O)Cc2ccccc2)s1. The highest BCUT2D eigenvalue weighted by Gasteiger charge is 2.10. The van der Waals surface area contributed by atoms with Crippen molar-refractivity contribution in [2.24, 2.45) is 5.92 Å². The zero-order valence-electron chi connectivity index (χ0n) is 13.9. The van der Waals surface area contributed by atoms with Gasteiger partial charge in [-0.25, -0.2) is 0 Å². The Kier molecular flexibility index (Phi) is 6.87. The van der Waals surface area contributed by atoms with Crippen LogP contribution in [0.15, 0.2) is 30.3 Å². The van der Waals surface area contributed by atoms with Crippen molar-refractivity contribution in [3.63, 3.8) is 0 Å². The summed E-state index contributed by atoms with van der Waals surface area (Å²) in [4.78, 5) is 23.7. The summed E-state index contributed by atoms with van der Waals surface area (Å²) in [5, 5.41) is 14.9. The Morgan fingerprint density at radius 3 is 2.58 bits per heavy atom. The van der Waals surface area contributed by atoms with E-state index in [-0.39, 0.29) is 18.2 Å². The fourth-order valence-electron chi connectivity index (χ4n) is 2.08. The lowest BCUT2D eigenvalue weighted by Crippen LogP contribution is -2.28. The molecule has 0 radical (unpaired) electrons. The van der Waals surface area contributed by atoms with Gasteiger partial charge >= 0.3 is 0 Å². The number of nitrogens with one attached hydrogen (secondary N) is 2. The number of aromatic nitrogens is 2. The van der Waals surface area contributed by atoms with Crippen LogP contribution >= 0.6 is 11.3 Å². The fraction of sp³-hybridized carbons (Fsp3) is 0.412. The summed E-state index contributed by atoms with van der Waals surface area (Å²) in [5.74, 6) is 0.229. The second-order valence-corrected chi connectivity index (χ2v) is 6.97. The van der Waals surface area contributed by atoms with Gasteiger partial charge in [0.1, 0.15) is 5.01 Å². The van der Waals surface area contributed by atoms with Gasteiger partial charge in [-0.1, -0.05) is 55.5 Å². The van der Waals surface area contributed by atoms with E-state index in [0.29, 0.717) is 24.0 Å². The number of rotatable bonds is 8. The predicted molar refractivity (Wildman–Crippen MR) is 94.9 cm³/mol. The molecule has 1 heterocycles. The summed E-state index contributed by atoms with van der Waals surface area (Å²) in [7, 11) is 0. The lowest BCUT2D eigenvalue weighted by Gasteiger charge is -2.05. The van der Waals surface area contributed by atoms with E-state index in [4.69, 9.17) is 0 Å². The number of benzene rings is 1. The zero-order chi connectivity index (χ0) is 17.4. The monoisotopic (exact) mass is 346 g/mol. The first-order chi connectivity index (χ1) is 11.5. The van der Waals surface area contributed by atoms with Crippen molar-refractivity contribution in [2.45, 2.75) is 33.1 Å². The van der Waals surface area contributed by atoms with E-state index in [1.807, 2.05) is 30.3 Å². The average molecular weight is 346 g/mol. The first-order valence-corrected chi connectivity index (χ1v) is 8.77. The van der Waals surface area contributed by atoms with Gasteiger partial charge in [0.2, 0.25) is 16.9 Å². The quantitative estimate of drug-likeness (QED) is 0.769. The summed E-state index contributed by atoms with van der Waals surface area (Å²) < 4.78 is 0. The molecule has 0 saturated carbocycles. The summed E-state index contributed by atoms with van der Waals surface area (Å²) in [6.45, 7) is 4.52. The summed E-state index contributed by atoms with van der Waals surface area (Å²) in [5.41, 5.74) is 0.950. The van der Waals surface area contributed by atoms with Gasteiger partial charge in [-0.2, -0.15) is 0 Å². The Morgan fingerprint density at radius 1 is 1.12 bits per heavy atom. The lowest BCUT2D eigenvalue weighted by atomic mass is 10.1. The highest BCUT2D eigenvalue weighted by atomic mass is 32.1. The molecule has 2 amide bonds. The largest absolute Gasteiger partial charge is 0.355 e. The first-order valence-electron chi connectivity index (χ1n) is 7.96. The second-order valence-electron chi connectivity index (χ2n) is 5.91. The van der Waals surface area contributed by atoms with Crippen LogP contribution in [0.4, 0.5) is 5.13 Å². The molecule has 7 heteroatoms. The standard InChI is InChI=1S/C17H22N4O2S/c1-12(2)10-16-20-21-17(24-16)19-14(22)8-9-18-15(23)11-13-6-4-3-5-7-13/h3-7,12H,8-11H2,1-2H3,(H,18,23)(H,19,21,22). The molecule has 0 aliphatic heterocycles. The minimum atomic E-state index is -0.178. The van der Waals surface area contributed by atoms with Gasteiger partial charge in [-0.15, -0.1) is 10.2 Å². The third kappa shape index (κ3) is 6.45. The molecular weight excluding hydrogens is 324 g/mol. The van der Waals surface area contributed by atoms with Crippen molar-refractivity contribution in [3.05, 3.63) is 40.9 Å². The third-order valence-electron chi connectivity index (χ3n) is 3.18. The normalized spacial score (nSPS) is 10.6. The Hall–Kier alpha value is -2.28. The molecule has 2 rings (SSSR count). The van der Waals surface area contributed by atoms with Crippen LogP contribution in [-0.4, -0.2) is 28.6 Å². The molecule has 6 nitrogen and oxygen atoms in total. The first kappa shape index (κ1) is 18.1. The maximum Gasteiger partial charge on any atom is 0.227 e. The molecule has 0 aliphatic carbocycles. The molecule has 0 fully saturated rings. The van der Waals surface area contributed by atoms with Crippen molar-refractivity contribution in [1.82, 2.24) is 15.5 Å². The highest BCUT2D eigenvalue weighted by molar-refractivity contribution is 7.15. The molecule has 1 aromatic heterocycles. The number of hydrogen-bond acceptors (Lipinski definition) is 5. The number of carbonyl (C=O) groups excluding carboxylic acids is 2. The molecular formula is C17H22N4O2S. The van der Waals surface area contributed by atoms with Gasteiger partial charge in [0, 0.05) is 19.4 Å². The van der Waals surface area contributed by atoms with E-state index in [2.05, 4.69) is 34.7 Å². The Balaban J connectivity index is 1.67. The van der Waals surface area contributed by atoms with E-state index < -0.39 is 0 Å². The molecule has 2 N–H and O–H groups in total. The fourth-order valence-corrected chi connectivity index (χ4v) is 3.04. The van der Waals surface area contributed by atoms with Gasteiger partial charge in [0.25, 0.3) is 0 Å². The lowest BCUT2D eigenvalue weighted by molar-refractivity contribution is -0.120. The van der Waals surface area contributed by atoms with Crippen LogP contribution in [0.1, 0.15) is 30.8 Å². The summed E-state index contributed by atoms with van der Waals surface area (Å²) >= 11 is 1.39. The van der Waals surface area contributed by atoms with Gasteiger partial charge in [0.15, 0.2) is 0 Å². The van der Waals surface area contributed by atoms with Crippen molar-refractivity contribution >= 4 is 28.3 Å². The smallest absolute Gasteiger partial charge is 0.227 e. The molecule has 24 heavy (non-hydrogen) atoms. The van der Waals surface area contributed by atoms with Crippen molar-refractivity contribution in [1.29, 1.82) is 0 Å². The second kappa shape index (κ2) is 9.12. The van der Waals surface area contributed by atoms with Crippen LogP contribution in [0.3, 0.4) is 0 Å². The molecule has 1 aromatic carbocycles. The van der Waals surface area contributed by atoms with E-state index in [1.165, 1.54) is 11.3 Å². The van der Waals surface area contributed by atoms with Crippen LogP contribution in [-0.2, 0) is 22.4 Å². The van der Waals surface area contributed by atoms with Crippen LogP contribution in [0.5, 0.6) is 0 Å². The van der Waals surface area contributed by atoms with Crippen molar-refractivity contribution in [2.75, 3.05) is 11.9 Å². The highest BCUT2D eigenvalue weighted by Crippen LogP contribution is 2.18. The number of nitrogens with zero attached hydrogens (tertiary/aromatic N) is 2. The molecule has 0 aliphatic rings. The van der Waals surface area contributed by atoms with Crippen molar-refractivity contribution in [3.8, 4) is 0 Å². The Morgan fingerprint density at radius 2 is 1.88 bits per heavy atom. The van der Waals surface area contributed by atoms with E-state index in [0.717, 1.165) is 17.0 Å². The van der Waals surface area contributed by atoms with E-state index in [1.54, 1.807) is 0 Å². The summed E-state index contributed by atoms with van der Waals surface area (Å²) in [6, 6.07) is 9.50. The van der Waals surface area contributed by atoms with E-state index in [9.17, 15) is 9.59 Å². The third-order valence-corrected chi connectivity index (χ3v) is 4.04. The average Bonchev–Trinajstić information content (AvgIpc) is 2.94. The van der Waals surface area contributed by atoms with Gasteiger partial charge in [-0.3, -0.25) is 9.59 Å². The number of amides is 2. The zero-order valence-corrected chi connectivity index (χ0v) is 14.7. The van der Waals surface area contributed by atoms with Crippen LogP contribution in [0.25, 0.3) is 0 Å². The Labute approximate surface area is 145 Å². The molecule has 128 valence electrons. The number of anilines is 1. The maximum atomic E-state index is 11.9. The topological polar surface area (TPSA) is 84.0 Å². The minimum absolute atomic E-state index is 0.0934. The molecule has 0 atom stereocenters. The Bertz CT molecular complexity index is 670. The number of carbonyl (C=O) groups is 2. The predicted octanol–water partition coefficient (Wildman–Crippen LogP) is 2.42. The molecule has 0 saturated heterocycles. The van der Waals surface area contributed by atoms with Crippen LogP contribution < -0.4 is 10.6 Å². The van der Waals surface area contributed by atoms with Crippen LogP contribution in [0, 0.1) is 5.92 Å². The van der Waals surface area contributed by atoms with Crippen molar-refractivity contribution < 1.29 is 9.59 Å². The summed E-state index contributed by atoms with van der Waals surface area (Å²) in [6.07, 6.45) is 1.38. The van der Waals surface area contributed by atoms with Gasteiger partial charge in [0.05, 0.1) is 6.42 Å². The molecule has 0 unspecified atom stereocenters. The van der Waals surface area contributed by atoms with Crippen LogP contribution in [0.2, 0.25) is 0 Å². The minimum Gasteiger partial charge on any atom is -0.355 e. The van der Waals surface area contributed by atoms with E-state index >= 15 is 0 Å². The molecule has 2 aromatic rings. The van der Waals surface area contributed by atoms with Gasteiger partial charge < -0.3 is 10.6 Å². The molecule has 0 spiro atoms. The molecule has 0 bridgehead atoms.